The molecule has 1 aliphatic rings. The van der Waals surface area contributed by atoms with E-state index in [1.807, 2.05) is 49.4 Å². The third-order valence-corrected chi connectivity index (χ3v) is 5.28. The SMILES string of the molecule is Cc1nc2ccccc2c(=O)n1-c1cccc(NC(=O)CC2CCCC2)c1. The lowest BCUT2D eigenvalue weighted by molar-refractivity contribution is -0.117. The van der Waals surface area contributed by atoms with Gasteiger partial charge in [-0.1, -0.05) is 31.0 Å². The van der Waals surface area contributed by atoms with Crippen LogP contribution in [0.3, 0.4) is 0 Å². The Morgan fingerprint density at radius 3 is 2.74 bits per heavy atom. The molecule has 0 bridgehead atoms. The number of benzene rings is 2. The molecule has 0 radical (unpaired) electrons. The van der Waals surface area contributed by atoms with Crippen molar-refractivity contribution in [3.05, 3.63) is 64.7 Å². The van der Waals surface area contributed by atoms with Crippen molar-refractivity contribution < 1.29 is 4.79 Å². The van der Waals surface area contributed by atoms with Gasteiger partial charge in [0.15, 0.2) is 0 Å². The summed E-state index contributed by atoms with van der Waals surface area (Å²) in [6.45, 7) is 1.82. The molecule has 1 heterocycles. The molecule has 27 heavy (non-hydrogen) atoms. The van der Waals surface area contributed by atoms with Gasteiger partial charge in [-0.05, 0) is 56.0 Å². The summed E-state index contributed by atoms with van der Waals surface area (Å²) in [4.78, 5) is 29.8. The fourth-order valence-corrected chi connectivity index (χ4v) is 3.96. The lowest BCUT2D eigenvalue weighted by Gasteiger charge is -2.13. The maximum absolute atomic E-state index is 12.9. The number of hydrogen-bond donors (Lipinski definition) is 1. The summed E-state index contributed by atoms with van der Waals surface area (Å²) in [5, 5.41) is 3.56. The largest absolute Gasteiger partial charge is 0.326 e. The zero-order chi connectivity index (χ0) is 18.8. The second-order valence-corrected chi connectivity index (χ2v) is 7.27. The van der Waals surface area contributed by atoms with Crippen LogP contribution in [-0.2, 0) is 4.79 Å². The number of nitrogens with one attached hydrogen (secondary N) is 1. The van der Waals surface area contributed by atoms with Gasteiger partial charge in [0, 0.05) is 12.1 Å². The Morgan fingerprint density at radius 1 is 1.15 bits per heavy atom. The van der Waals surface area contributed by atoms with Gasteiger partial charge in [-0.3, -0.25) is 14.2 Å². The topological polar surface area (TPSA) is 64.0 Å². The van der Waals surface area contributed by atoms with E-state index in [0.717, 1.165) is 12.8 Å². The first kappa shape index (κ1) is 17.5. The Balaban J connectivity index is 1.63. The Morgan fingerprint density at radius 2 is 1.93 bits per heavy atom. The van der Waals surface area contributed by atoms with Crippen LogP contribution in [0.4, 0.5) is 5.69 Å². The number of rotatable bonds is 4. The maximum atomic E-state index is 12.9. The Kier molecular flexibility index (Phi) is 4.75. The molecule has 2 aromatic carbocycles. The average molecular weight is 361 g/mol. The lowest BCUT2D eigenvalue weighted by Crippen LogP contribution is -2.22. The first-order chi connectivity index (χ1) is 13.1. The average Bonchev–Trinajstić information content (AvgIpc) is 3.15. The van der Waals surface area contributed by atoms with Gasteiger partial charge in [0.05, 0.1) is 16.6 Å². The highest BCUT2D eigenvalue weighted by molar-refractivity contribution is 5.91. The first-order valence-corrected chi connectivity index (χ1v) is 9.50. The predicted octanol–water partition coefficient (Wildman–Crippen LogP) is 4.21. The molecule has 0 saturated heterocycles. The van der Waals surface area contributed by atoms with Gasteiger partial charge < -0.3 is 5.32 Å². The smallest absolute Gasteiger partial charge is 0.265 e. The number of para-hydroxylation sites is 1. The van der Waals surface area contributed by atoms with E-state index in [4.69, 9.17) is 0 Å². The summed E-state index contributed by atoms with van der Waals surface area (Å²) in [5.41, 5.74) is 1.99. The van der Waals surface area contributed by atoms with Crippen LogP contribution in [0.25, 0.3) is 16.6 Å². The molecule has 1 aromatic heterocycles. The van der Waals surface area contributed by atoms with Gasteiger partial charge in [0.2, 0.25) is 5.91 Å². The van der Waals surface area contributed by atoms with Crippen LogP contribution in [0.1, 0.15) is 37.9 Å². The highest BCUT2D eigenvalue weighted by Gasteiger charge is 2.18. The van der Waals surface area contributed by atoms with Crippen LogP contribution in [0.5, 0.6) is 0 Å². The fourth-order valence-electron chi connectivity index (χ4n) is 3.96. The number of carbonyl (C=O) groups excluding carboxylic acids is 1. The van der Waals surface area contributed by atoms with Crippen LogP contribution >= 0.6 is 0 Å². The maximum Gasteiger partial charge on any atom is 0.265 e. The highest BCUT2D eigenvalue weighted by Crippen LogP contribution is 2.28. The molecule has 0 spiro atoms. The predicted molar refractivity (Wildman–Crippen MR) is 107 cm³/mol. The number of fused-ring (bicyclic) bond motifs is 1. The normalized spacial score (nSPS) is 14.6. The number of hydrogen-bond acceptors (Lipinski definition) is 3. The molecule has 3 aromatic rings. The quantitative estimate of drug-likeness (QED) is 0.757. The molecule has 5 heteroatoms. The van der Waals surface area contributed by atoms with E-state index in [1.165, 1.54) is 12.8 Å². The second kappa shape index (κ2) is 7.35. The van der Waals surface area contributed by atoms with Gasteiger partial charge >= 0.3 is 0 Å². The standard InChI is InChI=1S/C22H23N3O2/c1-15-23-20-12-5-4-11-19(20)22(27)25(15)18-10-6-9-17(14-18)24-21(26)13-16-7-2-3-8-16/h4-6,9-12,14,16H,2-3,7-8,13H2,1H3,(H,24,26). The monoisotopic (exact) mass is 361 g/mol. The van der Waals surface area contributed by atoms with Crippen molar-refractivity contribution >= 4 is 22.5 Å². The molecule has 0 atom stereocenters. The van der Waals surface area contributed by atoms with Crippen LogP contribution < -0.4 is 10.9 Å². The number of anilines is 1. The summed E-state index contributed by atoms with van der Waals surface area (Å²) >= 11 is 0. The van der Waals surface area contributed by atoms with Gasteiger partial charge in [-0.15, -0.1) is 0 Å². The van der Waals surface area contributed by atoms with Gasteiger partial charge in [-0.25, -0.2) is 4.98 Å². The first-order valence-electron chi connectivity index (χ1n) is 9.50. The summed E-state index contributed by atoms with van der Waals surface area (Å²) in [7, 11) is 0. The van der Waals surface area contributed by atoms with E-state index < -0.39 is 0 Å². The highest BCUT2D eigenvalue weighted by atomic mass is 16.1. The minimum absolute atomic E-state index is 0.0414. The van der Waals surface area contributed by atoms with Crippen LogP contribution in [-0.4, -0.2) is 15.5 Å². The minimum atomic E-state index is -0.104. The van der Waals surface area contributed by atoms with Crippen LogP contribution in [0, 0.1) is 12.8 Å². The van der Waals surface area contributed by atoms with Crippen LogP contribution in [0.2, 0.25) is 0 Å². The molecule has 1 saturated carbocycles. The number of aryl methyl sites for hydroxylation is 1. The molecule has 1 amide bonds. The zero-order valence-electron chi connectivity index (χ0n) is 15.4. The van der Waals surface area contributed by atoms with Gasteiger partial charge in [-0.2, -0.15) is 0 Å². The molecule has 0 unspecified atom stereocenters. The number of aromatic nitrogens is 2. The van der Waals surface area contributed by atoms with E-state index in [1.54, 1.807) is 10.6 Å². The van der Waals surface area contributed by atoms with Crippen LogP contribution in [0.15, 0.2) is 53.3 Å². The Hall–Kier alpha value is -2.95. The number of amides is 1. The van der Waals surface area contributed by atoms with Crippen molar-refractivity contribution in [2.45, 2.75) is 39.0 Å². The van der Waals surface area contributed by atoms with Crippen molar-refractivity contribution in [2.75, 3.05) is 5.32 Å². The molecular formula is C22H23N3O2. The van der Waals surface area contributed by atoms with E-state index in [9.17, 15) is 9.59 Å². The molecule has 0 aliphatic heterocycles. The van der Waals surface area contributed by atoms with Crippen molar-refractivity contribution in [3.8, 4) is 5.69 Å². The van der Waals surface area contributed by atoms with Crippen molar-refractivity contribution in [3.63, 3.8) is 0 Å². The summed E-state index contributed by atoms with van der Waals surface area (Å²) in [5.74, 6) is 1.16. The van der Waals surface area contributed by atoms with E-state index in [2.05, 4.69) is 10.3 Å². The molecule has 1 fully saturated rings. The molecule has 1 N–H and O–H groups in total. The third-order valence-electron chi connectivity index (χ3n) is 5.28. The fraction of sp³-hybridized carbons (Fsp3) is 0.318. The molecular weight excluding hydrogens is 338 g/mol. The second-order valence-electron chi connectivity index (χ2n) is 7.27. The third kappa shape index (κ3) is 3.63. The summed E-state index contributed by atoms with van der Waals surface area (Å²) in [6.07, 6.45) is 5.31. The van der Waals surface area contributed by atoms with E-state index in [-0.39, 0.29) is 11.5 Å². The van der Waals surface area contributed by atoms with E-state index >= 15 is 0 Å². The zero-order valence-corrected chi connectivity index (χ0v) is 15.4. The number of carbonyl (C=O) groups is 1. The molecule has 4 rings (SSSR count). The summed E-state index contributed by atoms with van der Waals surface area (Å²) < 4.78 is 1.59. The molecule has 138 valence electrons. The van der Waals surface area contributed by atoms with E-state index in [0.29, 0.717) is 40.4 Å². The van der Waals surface area contributed by atoms with Crippen molar-refractivity contribution in [2.24, 2.45) is 5.92 Å². The lowest BCUT2D eigenvalue weighted by atomic mass is 10.0. The van der Waals surface area contributed by atoms with Gasteiger partial charge in [0.25, 0.3) is 5.56 Å². The Labute approximate surface area is 158 Å². The Bertz CT molecular complexity index is 1050. The summed E-state index contributed by atoms with van der Waals surface area (Å²) in [6, 6.07) is 14.7. The number of nitrogens with zero attached hydrogens (tertiary/aromatic N) is 2. The molecule has 1 aliphatic carbocycles. The van der Waals surface area contributed by atoms with Crippen molar-refractivity contribution in [1.29, 1.82) is 0 Å². The minimum Gasteiger partial charge on any atom is -0.326 e. The van der Waals surface area contributed by atoms with Gasteiger partial charge in [0.1, 0.15) is 5.82 Å². The molecule has 5 nitrogen and oxygen atoms in total. The van der Waals surface area contributed by atoms with Crippen molar-refractivity contribution in [1.82, 2.24) is 9.55 Å².